The zero-order chi connectivity index (χ0) is 26.2. The summed E-state index contributed by atoms with van der Waals surface area (Å²) in [6.45, 7) is 3.28. The van der Waals surface area contributed by atoms with Gasteiger partial charge in [0.2, 0.25) is 5.91 Å². The number of carbonyl (C=O) groups is 1. The van der Waals surface area contributed by atoms with Gasteiger partial charge in [0.05, 0.1) is 27.7 Å². The third-order valence-corrected chi connectivity index (χ3v) is 8.37. The van der Waals surface area contributed by atoms with E-state index in [1.54, 1.807) is 41.3 Å². The highest BCUT2D eigenvalue weighted by Crippen LogP contribution is 2.38. The Labute approximate surface area is 228 Å². The van der Waals surface area contributed by atoms with Crippen LogP contribution in [0.1, 0.15) is 16.0 Å². The fourth-order valence-corrected chi connectivity index (χ4v) is 6.40. The molecular formula is C28H26N6O2S2. The Morgan fingerprint density at radius 2 is 2.05 bits per heavy atom. The Hall–Kier alpha value is -4.02. The Balaban J connectivity index is 1.22. The zero-order valence-electron chi connectivity index (χ0n) is 21.3. The molecule has 6 rings (SSSR count). The summed E-state index contributed by atoms with van der Waals surface area (Å²) in [6.07, 6.45) is 5.77. The van der Waals surface area contributed by atoms with E-state index in [-0.39, 0.29) is 5.91 Å². The molecule has 1 amide bonds. The van der Waals surface area contributed by atoms with Crippen molar-refractivity contribution in [3.63, 3.8) is 0 Å². The van der Waals surface area contributed by atoms with Gasteiger partial charge < -0.3 is 19.9 Å². The molecule has 0 fully saturated rings. The van der Waals surface area contributed by atoms with Gasteiger partial charge >= 0.3 is 0 Å². The quantitative estimate of drug-likeness (QED) is 0.259. The first-order valence-corrected chi connectivity index (χ1v) is 13.9. The van der Waals surface area contributed by atoms with Gasteiger partial charge in [0, 0.05) is 49.5 Å². The second-order valence-electron chi connectivity index (χ2n) is 9.38. The minimum absolute atomic E-state index is 0.0236. The topological polar surface area (TPSA) is 83.5 Å². The highest BCUT2D eigenvalue weighted by atomic mass is 32.1. The van der Waals surface area contributed by atoms with E-state index >= 15 is 0 Å². The van der Waals surface area contributed by atoms with E-state index in [2.05, 4.69) is 26.3 Å². The van der Waals surface area contributed by atoms with Gasteiger partial charge in [0.25, 0.3) is 0 Å². The van der Waals surface area contributed by atoms with Crippen LogP contribution in [0.5, 0.6) is 11.5 Å². The fraction of sp³-hybridized carbons (Fsp3) is 0.214. The van der Waals surface area contributed by atoms with E-state index in [1.165, 1.54) is 10.4 Å². The molecule has 0 aliphatic carbocycles. The molecule has 10 heteroatoms. The monoisotopic (exact) mass is 542 g/mol. The number of hydrogen-bond acceptors (Lipinski definition) is 9. The lowest BCUT2D eigenvalue weighted by molar-refractivity contribution is -0.126. The van der Waals surface area contributed by atoms with Gasteiger partial charge in [0.15, 0.2) is 0 Å². The highest BCUT2D eigenvalue weighted by Gasteiger charge is 2.25. The Morgan fingerprint density at radius 3 is 2.89 bits per heavy atom. The number of amides is 1. The van der Waals surface area contributed by atoms with Crippen LogP contribution >= 0.6 is 22.7 Å². The molecule has 1 N–H and O–H groups in total. The second-order valence-corrected chi connectivity index (χ2v) is 11.4. The molecular weight excluding hydrogens is 516 g/mol. The molecule has 0 saturated carbocycles. The lowest BCUT2D eigenvalue weighted by Crippen LogP contribution is -2.34. The number of thiophene rings is 1. The van der Waals surface area contributed by atoms with Crippen molar-refractivity contribution in [1.29, 1.82) is 0 Å². The van der Waals surface area contributed by atoms with Crippen LogP contribution in [0.15, 0.2) is 60.5 Å². The van der Waals surface area contributed by atoms with Gasteiger partial charge in [-0.15, -0.1) is 22.7 Å². The molecule has 0 unspecified atom stereocenters. The van der Waals surface area contributed by atoms with E-state index in [9.17, 15) is 4.79 Å². The molecule has 0 spiro atoms. The maximum absolute atomic E-state index is 12.6. The molecule has 192 valence electrons. The summed E-state index contributed by atoms with van der Waals surface area (Å²) >= 11 is 3.25. The zero-order valence-corrected chi connectivity index (χ0v) is 22.9. The van der Waals surface area contributed by atoms with Crippen molar-refractivity contribution in [2.45, 2.75) is 19.9 Å². The maximum atomic E-state index is 12.6. The molecule has 0 radical (unpaired) electrons. The van der Waals surface area contributed by atoms with E-state index in [1.807, 2.05) is 66.7 Å². The summed E-state index contributed by atoms with van der Waals surface area (Å²) in [5, 5.41) is 4.54. The summed E-state index contributed by atoms with van der Waals surface area (Å²) in [4.78, 5) is 31.9. The second kappa shape index (κ2) is 10.0. The first-order chi connectivity index (χ1) is 18.4. The third kappa shape index (κ3) is 4.80. The number of nitrogens with zero attached hydrogens (tertiary/aromatic N) is 5. The number of nitrogens with one attached hydrogen (secondary N) is 1. The summed E-state index contributed by atoms with van der Waals surface area (Å²) in [5.41, 5.74) is 5.93. The minimum Gasteiger partial charge on any atom is -0.457 e. The lowest BCUT2D eigenvalue weighted by atomic mass is 10.0. The van der Waals surface area contributed by atoms with Gasteiger partial charge in [-0.1, -0.05) is 0 Å². The van der Waals surface area contributed by atoms with E-state index in [0.717, 1.165) is 55.4 Å². The number of benzene rings is 2. The third-order valence-electron chi connectivity index (χ3n) is 6.43. The fourth-order valence-electron chi connectivity index (χ4n) is 4.54. The summed E-state index contributed by atoms with van der Waals surface area (Å²) in [5.74, 6) is 2.36. The molecule has 0 saturated heterocycles. The number of anilines is 2. The predicted octanol–water partition coefficient (Wildman–Crippen LogP) is 6.11. The summed E-state index contributed by atoms with van der Waals surface area (Å²) in [6, 6.07) is 12.0. The number of ether oxygens (including phenoxy) is 1. The van der Waals surface area contributed by atoms with Crippen molar-refractivity contribution in [2.24, 2.45) is 0 Å². The number of aryl methyl sites for hydroxylation is 1. The molecule has 0 atom stereocenters. The smallest absolute Gasteiger partial charge is 0.248 e. The first-order valence-electron chi connectivity index (χ1n) is 12.2. The molecule has 2 aromatic carbocycles. The normalized spacial score (nSPS) is 13.3. The van der Waals surface area contributed by atoms with Gasteiger partial charge in [0.1, 0.15) is 28.5 Å². The molecule has 4 heterocycles. The highest BCUT2D eigenvalue weighted by molar-refractivity contribution is 7.19. The van der Waals surface area contributed by atoms with Gasteiger partial charge in [-0.3, -0.25) is 4.79 Å². The molecule has 3 aromatic heterocycles. The van der Waals surface area contributed by atoms with Crippen molar-refractivity contribution < 1.29 is 9.53 Å². The van der Waals surface area contributed by atoms with Gasteiger partial charge in [-0.05, 0) is 54.8 Å². The van der Waals surface area contributed by atoms with E-state index < -0.39 is 0 Å². The van der Waals surface area contributed by atoms with Crippen LogP contribution in [-0.4, -0.2) is 51.3 Å². The Morgan fingerprint density at radius 1 is 1.16 bits per heavy atom. The van der Waals surface area contributed by atoms with Crippen LogP contribution in [-0.2, 0) is 17.8 Å². The van der Waals surface area contributed by atoms with E-state index in [0.29, 0.717) is 13.1 Å². The van der Waals surface area contributed by atoms with Gasteiger partial charge in [-0.25, -0.2) is 15.0 Å². The number of thiazole rings is 1. The van der Waals surface area contributed by atoms with Crippen LogP contribution in [0.25, 0.3) is 20.4 Å². The molecule has 0 bridgehead atoms. The summed E-state index contributed by atoms with van der Waals surface area (Å²) < 4.78 is 7.30. The minimum atomic E-state index is 0.0236. The Bertz CT molecular complexity index is 1690. The standard InChI is InChI=1S/C28H26N6O2S2/c1-17-12-18(4-6-22(17)36-19-5-7-23-21(13-19)31-16-37-23)32-27-26-20-8-11-34(25(35)9-10-33(2)3)14-24(20)38-28(26)30-15-29-27/h4-7,9-10,12-13,15-16H,8,11,14H2,1-3H3,(H,29,30,32)/b10-9+. The van der Waals surface area contributed by atoms with Crippen molar-refractivity contribution in [2.75, 3.05) is 26.0 Å². The molecule has 1 aliphatic heterocycles. The van der Waals surface area contributed by atoms with Crippen molar-refractivity contribution in [3.8, 4) is 11.5 Å². The summed E-state index contributed by atoms with van der Waals surface area (Å²) in [7, 11) is 3.81. The van der Waals surface area contributed by atoms with Crippen LogP contribution in [0.3, 0.4) is 0 Å². The molecule has 8 nitrogen and oxygen atoms in total. The average molecular weight is 543 g/mol. The number of aromatic nitrogens is 3. The molecule has 5 aromatic rings. The first kappa shape index (κ1) is 24.3. The van der Waals surface area contributed by atoms with Crippen LogP contribution < -0.4 is 10.1 Å². The van der Waals surface area contributed by atoms with Crippen molar-refractivity contribution in [3.05, 3.63) is 76.5 Å². The maximum Gasteiger partial charge on any atom is 0.248 e. The van der Waals surface area contributed by atoms with Crippen LogP contribution in [0, 0.1) is 6.92 Å². The SMILES string of the molecule is Cc1cc(Nc2ncnc3sc4c(c23)CCN(C(=O)/C=C/N(C)C)C4)ccc1Oc1ccc2scnc2c1. The average Bonchev–Trinajstić information content (AvgIpc) is 3.53. The lowest BCUT2D eigenvalue weighted by Gasteiger charge is -2.26. The van der Waals surface area contributed by atoms with E-state index in [4.69, 9.17) is 4.74 Å². The predicted molar refractivity (Wildman–Crippen MR) is 154 cm³/mol. The largest absolute Gasteiger partial charge is 0.457 e. The number of fused-ring (bicyclic) bond motifs is 4. The molecule has 38 heavy (non-hydrogen) atoms. The van der Waals surface area contributed by atoms with Crippen molar-refractivity contribution in [1.82, 2.24) is 24.8 Å². The molecule has 1 aliphatic rings. The number of hydrogen-bond donors (Lipinski definition) is 1. The van der Waals surface area contributed by atoms with Gasteiger partial charge in [-0.2, -0.15) is 0 Å². The van der Waals surface area contributed by atoms with Crippen LogP contribution in [0.2, 0.25) is 0 Å². The number of carbonyl (C=O) groups excluding carboxylic acids is 1. The number of rotatable bonds is 6. The van der Waals surface area contributed by atoms with Crippen molar-refractivity contribution >= 4 is 60.5 Å². The van der Waals surface area contributed by atoms with Crippen LogP contribution in [0.4, 0.5) is 11.5 Å². The Kier molecular flexibility index (Phi) is 6.42.